The first-order valence-electron chi connectivity index (χ1n) is 13.5. The minimum Gasteiger partial charge on any atom is -0.550 e. The van der Waals surface area contributed by atoms with Crippen molar-refractivity contribution in [3.8, 4) is 0 Å². The first kappa shape index (κ1) is 27.3. The van der Waals surface area contributed by atoms with E-state index in [9.17, 15) is 23.9 Å². The number of aliphatic carboxylic acids is 1. The maximum absolute atomic E-state index is 14.0. The Kier molecular flexibility index (Phi) is 7.32. The fraction of sp³-hybridized carbons (Fsp3) is 0.303. The molecule has 2 atom stereocenters. The van der Waals surface area contributed by atoms with Crippen LogP contribution in [0.1, 0.15) is 75.1 Å². The summed E-state index contributed by atoms with van der Waals surface area (Å²) in [5.74, 6) is -2.41. The Hall–Kier alpha value is -4.26. The summed E-state index contributed by atoms with van der Waals surface area (Å²) in [7, 11) is 0. The van der Waals surface area contributed by atoms with Gasteiger partial charge in [-0.3, -0.25) is 14.5 Å². The third-order valence-corrected chi connectivity index (χ3v) is 7.73. The number of hydrogen-bond donors (Lipinski definition) is 1. The van der Waals surface area contributed by atoms with Crippen LogP contribution in [0.4, 0.5) is 15.8 Å². The smallest absolute Gasteiger partial charge is 0.228 e. The number of hydrogen-bond acceptors (Lipinski definition) is 5. The molecule has 5 rings (SSSR count). The van der Waals surface area contributed by atoms with Gasteiger partial charge in [-0.1, -0.05) is 69.3 Å². The fourth-order valence-corrected chi connectivity index (χ4v) is 5.65. The average molecular weight is 540 g/mol. The summed E-state index contributed by atoms with van der Waals surface area (Å²) in [5.41, 5.74) is 5.15. The van der Waals surface area contributed by atoms with Crippen molar-refractivity contribution in [3.63, 3.8) is 0 Å². The number of amides is 1. The van der Waals surface area contributed by atoms with Gasteiger partial charge >= 0.3 is 0 Å². The number of anilines is 2. The van der Waals surface area contributed by atoms with Crippen molar-refractivity contribution in [1.82, 2.24) is 0 Å². The Labute approximate surface area is 233 Å². The van der Waals surface area contributed by atoms with Crippen LogP contribution in [0, 0.1) is 5.82 Å². The van der Waals surface area contributed by atoms with E-state index in [0.29, 0.717) is 34.6 Å². The van der Waals surface area contributed by atoms with Crippen LogP contribution in [-0.2, 0) is 19.8 Å². The molecule has 3 aromatic carbocycles. The number of carboxylic acid groups (broad SMARTS) is 1. The van der Waals surface area contributed by atoms with E-state index in [0.717, 1.165) is 5.56 Å². The molecule has 0 saturated carbocycles. The average Bonchev–Trinajstić information content (AvgIpc) is 3.06. The van der Waals surface area contributed by atoms with Crippen molar-refractivity contribution in [3.05, 3.63) is 107 Å². The fourth-order valence-electron chi connectivity index (χ4n) is 5.65. The van der Waals surface area contributed by atoms with Crippen molar-refractivity contribution in [1.29, 1.82) is 0 Å². The number of nitrogens with zero attached hydrogens (tertiary/aromatic N) is 1. The van der Waals surface area contributed by atoms with Crippen molar-refractivity contribution < 1.29 is 23.9 Å². The van der Waals surface area contributed by atoms with Gasteiger partial charge in [-0.25, -0.2) is 4.39 Å². The van der Waals surface area contributed by atoms with Crippen LogP contribution in [0.5, 0.6) is 0 Å². The van der Waals surface area contributed by atoms with Gasteiger partial charge in [0.2, 0.25) is 5.91 Å². The molecule has 0 spiro atoms. The Morgan fingerprint density at radius 3 is 2.23 bits per heavy atom. The number of para-hydroxylation sites is 2. The van der Waals surface area contributed by atoms with E-state index in [4.69, 9.17) is 0 Å². The third kappa shape index (κ3) is 5.41. The molecule has 1 amide bonds. The standard InChI is InChI=1S/C33H33FN2O4/c1-33(2,3)23-12-8-20(9-13-23)22-18-26-31(28(37)19-22)32(21-10-14-24(34)15-11-21)36(29(38)16-17-30(39)40)27-7-5-4-6-25(27)35-26/h4-15,22,32,35H,16-19H2,1-3H3,(H,39,40)/p-1. The summed E-state index contributed by atoms with van der Waals surface area (Å²) in [6.07, 6.45) is 0.0506. The second-order valence-corrected chi connectivity index (χ2v) is 11.5. The lowest BCUT2D eigenvalue weighted by molar-refractivity contribution is -0.305. The number of halogens is 1. The van der Waals surface area contributed by atoms with E-state index < -0.39 is 30.2 Å². The monoisotopic (exact) mass is 539 g/mol. The number of allylic oxidation sites excluding steroid dienone is 1. The summed E-state index contributed by atoms with van der Waals surface area (Å²) in [5, 5.41) is 14.7. The van der Waals surface area contributed by atoms with E-state index in [1.54, 1.807) is 24.3 Å². The number of rotatable bonds is 5. The molecule has 2 unspecified atom stereocenters. The highest BCUT2D eigenvalue weighted by Crippen LogP contribution is 2.47. The highest BCUT2D eigenvalue weighted by atomic mass is 19.1. The van der Waals surface area contributed by atoms with Crippen LogP contribution >= 0.6 is 0 Å². The molecule has 1 aliphatic heterocycles. The molecule has 2 aliphatic rings. The van der Waals surface area contributed by atoms with Crippen LogP contribution in [0.2, 0.25) is 0 Å². The summed E-state index contributed by atoms with van der Waals surface area (Å²) in [6.45, 7) is 6.48. The third-order valence-electron chi connectivity index (χ3n) is 7.73. The highest BCUT2D eigenvalue weighted by Gasteiger charge is 2.41. The van der Waals surface area contributed by atoms with Gasteiger partial charge in [-0.05, 0) is 65.1 Å². The quantitative estimate of drug-likeness (QED) is 0.459. The molecule has 40 heavy (non-hydrogen) atoms. The summed E-state index contributed by atoms with van der Waals surface area (Å²) >= 11 is 0. The van der Waals surface area contributed by atoms with E-state index in [1.165, 1.54) is 22.6 Å². The van der Waals surface area contributed by atoms with Crippen molar-refractivity contribution in [2.24, 2.45) is 0 Å². The van der Waals surface area contributed by atoms with Gasteiger partial charge in [0.15, 0.2) is 5.78 Å². The second kappa shape index (κ2) is 10.7. The number of benzene rings is 3. The van der Waals surface area contributed by atoms with E-state index in [1.807, 2.05) is 12.1 Å². The zero-order valence-corrected chi connectivity index (χ0v) is 22.9. The van der Waals surface area contributed by atoms with E-state index >= 15 is 0 Å². The Bertz CT molecular complexity index is 1490. The molecule has 0 saturated heterocycles. The van der Waals surface area contributed by atoms with Gasteiger partial charge in [-0.15, -0.1) is 0 Å². The van der Waals surface area contributed by atoms with Crippen molar-refractivity contribution in [2.75, 3.05) is 10.2 Å². The van der Waals surface area contributed by atoms with Crippen LogP contribution in [0.15, 0.2) is 84.1 Å². The molecule has 7 heteroatoms. The molecular weight excluding hydrogens is 507 g/mol. The van der Waals surface area contributed by atoms with Crippen LogP contribution in [0.3, 0.4) is 0 Å². The lowest BCUT2D eigenvalue weighted by Gasteiger charge is -2.35. The van der Waals surface area contributed by atoms with E-state index in [2.05, 4.69) is 50.4 Å². The van der Waals surface area contributed by atoms with Gasteiger partial charge in [0.05, 0.1) is 17.4 Å². The van der Waals surface area contributed by atoms with Crippen molar-refractivity contribution in [2.45, 2.75) is 63.8 Å². The van der Waals surface area contributed by atoms with Crippen LogP contribution < -0.4 is 15.3 Å². The summed E-state index contributed by atoms with van der Waals surface area (Å²) in [6, 6.07) is 20.5. The number of ketones is 1. The molecule has 1 heterocycles. The summed E-state index contributed by atoms with van der Waals surface area (Å²) in [4.78, 5) is 40.4. The van der Waals surface area contributed by atoms with Crippen molar-refractivity contribution >= 4 is 29.0 Å². The zero-order valence-electron chi connectivity index (χ0n) is 22.9. The Balaban J connectivity index is 1.63. The number of Topliss-reactive ketones (excluding diaryl/α,β-unsaturated/α-hetero) is 1. The predicted molar refractivity (Wildman–Crippen MR) is 150 cm³/mol. The molecule has 6 nitrogen and oxygen atoms in total. The Morgan fingerprint density at radius 2 is 1.57 bits per heavy atom. The van der Waals surface area contributed by atoms with Crippen LogP contribution in [-0.4, -0.2) is 17.7 Å². The molecule has 3 aromatic rings. The topological polar surface area (TPSA) is 89.5 Å². The normalized spacial score (nSPS) is 18.9. The first-order chi connectivity index (χ1) is 19.0. The Morgan fingerprint density at radius 1 is 0.925 bits per heavy atom. The number of fused-ring (bicyclic) bond motifs is 1. The lowest BCUT2D eigenvalue weighted by Crippen LogP contribution is -2.39. The summed E-state index contributed by atoms with van der Waals surface area (Å²) < 4.78 is 13.9. The SMILES string of the molecule is CC(C)(C)c1ccc(C2CC(=O)C3=C(C2)Nc2ccccc2N(C(=O)CCC(=O)[O-])C3c2ccc(F)cc2)cc1. The highest BCUT2D eigenvalue weighted by molar-refractivity contribution is 6.06. The maximum atomic E-state index is 14.0. The minimum absolute atomic E-state index is 0.0121. The van der Waals surface area contributed by atoms with Crippen LogP contribution in [0.25, 0.3) is 0 Å². The number of carbonyl (C=O) groups is 3. The maximum Gasteiger partial charge on any atom is 0.228 e. The number of carbonyl (C=O) groups excluding carboxylic acids is 3. The molecule has 0 bridgehead atoms. The molecule has 0 radical (unpaired) electrons. The minimum atomic E-state index is -1.33. The van der Waals surface area contributed by atoms with Gasteiger partial charge in [0, 0.05) is 30.1 Å². The zero-order chi connectivity index (χ0) is 28.6. The van der Waals surface area contributed by atoms with Gasteiger partial charge in [0.1, 0.15) is 5.82 Å². The first-order valence-corrected chi connectivity index (χ1v) is 13.5. The van der Waals surface area contributed by atoms with Gasteiger partial charge < -0.3 is 15.2 Å². The largest absolute Gasteiger partial charge is 0.550 e. The predicted octanol–water partition coefficient (Wildman–Crippen LogP) is 5.55. The molecule has 1 aliphatic carbocycles. The number of carboxylic acids is 1. The van der Waals surface area contributed by atoms with E-state index in [-0.39, 0.29) is 30.0 Å². The van der Waals surface area contributed by atoms with Gasteiger partial charge in [-0.2, -0.15) is 0 Å². The molecule has 0 aromatic heterocycles. The second-order valence-electron chi connectivity index (χ2n) is 11.5. The molecular formula is C33H32FN2O4-. The lowest BCUT2D eigenvalue weighted by atomic mass is 9.77. The number of nitrogens with one attached hydrogen (secondary N) is 1. The molecule has 206 valence electrons. The molecule has 0 fully saturated rings. The van der Waals surface area contributed by atoms with Gasteiger partial charge in [0.25, 0.3) is 0 Å². The molecule has 1 N–H and O–H groups in total.